The molecular weight excluding hydrogens is 102 g/mol. The van der Waals surface area contributed by atoms with E-state index >= 15 is 0 Å². The van der Waals surface area contributed by atoms with Gasteiger partial charge in [-0.05, 0) is 13.0 Å². The summed E-state index contributed by atoms with van der Waals surface area (Å²) in [6, 6.07) is 0. The van der Waals surface area contributed by atoms with Crippen molar-refractivity contribution in [2.24, 2.45) is 10.9 Å². The molecule has 2 N–H and O–H groups in total. The average molecular weight is 113 g/mol. The van der Waals surface area contributed by atoms with Gasteiger partial charge in [-0.2, -0.15) is 5.10 Å². The lowest BCUT2D eigenvalue weighted by atomic mass is 10.4. The van der Waals surface area contributed by atoms with E-state index in [2.05, 4.69) is 11.7 Å². The van der Waals surface area contributed by atoms with Gasteiger partial charge in [0.25, 0.3) is 0 Å². The Kier molecular flexibility index (Phi) is 2.88. The van der Waals surface area contributed by atoms with Crippen molar-refractivity contribution in [3.05, 3.63) is 12.7 Å². The number of nitrogens with two attached hydrogens (primary N) is 1. The van der Waals surface area contributed by atoms with Crippen LogP contribution in [0.25, 0.3) is 0 Å². The van der Waals surface area contributed by atoms with Crippen molar-refractivity contribution in [1.82, 2.24) is 5.12 Å². The maximum absolute atomic E-state index is 5.17. The van der Waals surface area contributed by atoms with Gasteiger partial charge in [0.15, 0.2) is 0 Å². The molecule has 0 aliphatic rings. The van der Waals surface area contributed by atoms with E-state index in [0.717, 1.165) is 5.71 Å². The molecule has 0 amide bonds. The quantitative estimate of drug-likeness (QED) is 0.319. The molecule has 0 atom stereocenters. The zero-order chi connectivity index (χ0) is 6.57. The summed E-state index contributed by atoms with van der Waals surface area (Å²) in [5.74, 6) is 5.17. The Balaban J connectivity index is 3.74. The summed E-state index contributed by atoms with van der Waals surface area (Å²) in [5.41, 5.74) is 0.815. The normalized spacial score (nSPS) is 11.1. The Bertz CT molecular complexity index is 104. The van der Waals surface area contributed by atoms with E-state index in [1.165, 1.54) is 5.12 Å². The fraction of sp³-hybridized carbons (Fsp3) is 0.400. The van der Waals surface area contributed by atoms with Gasteiger partial charge in [-0.3, -0.25) is 0 Å². The highest BCUT2D eigenvalue weighted by atomic mass is 15.6. The minimum atomic E-state index is 0.815. The standard InChI is InChI=1S/C5H11N3/c1-4-5(2)7-8(3)6/h4H,1,6H2,2-3H3/b7-5-. The van der Waals surface area contributed by atoms with Crippen LogP contribution in [0.1, 0.15) is 6.92 Å². The molecule has 0 rings (SSSR count). The third-order valence-electron chi connectivity index (χ3n) is 0.611. The molecule has 0 aromatic heterocycles. The molecule has 0 saturated carbocycles. The number of nitrogens with zero attached hydrogens (tertiary/aromatic N) is 2. The second-order valence-corrected chi connectivity index (χ2v) is 1.52. The van der Waals surface area contributed by atoms with Crippen LogP contribution in [-0.4, -0.2) is 17.9 Å². The lowest BCUT2D eigenvalue weighted by molar-refractivity contribution is 0.372. The van der Waals surface area contributed by atoms with Crippen LogP contribution in [0.5, 0.6) is 0 Å². The number of rotatable bonds is 2. The highest BCUT2D eigenvalue weighted by Crippen LogP contribution is 1.77. The van der Waals surface area contributed by atoms with Gasteiger partial charge in [0.1, 0.15) is 0 Å². The van der Waals surface area contributed by atoms with Crippen molar-refractivity contribution in [2.75, 3.05) is 7.05 Å². The average Bonchev–Trinajstić information content (AvgIpc) is 1.65. The minimum absolute atomic E-state index is 0.815. The van der Waals surface area contributed by atoms with Crippen molar-refractivity contribution in [2.45, 2.75) is 6.92 Å². The van der Waals surface area contributed by atoms with Gasteiger partial charge in [-0.1, -0.05) is 6.58 Å². The highest BCUT2D eigenvalue weighted by Gasteiger charge is 1.80. The molecule has 0 radical (unpaired) electrons. The molecule has 0 aromatic carbocycles. The van der Waals surface area contributed by atoms with E-state index in [1.54, 1.807) is 13.1 Å². The summed E-state index contributed by atoms with van der Waals surface area (Å²) < 4.78 is 0. The SMILES string of the molecule is C=C/C(C)=N\N(C)N. The van der Waals surface area contributed by atoms with Gasteiger partial charge in [0.05, 0.1) is 5.71 Å². The van der Waals surface area contributed by atoms with Crippen LogP contribution in [0.3, 0.4) is 0 Å². The van der Waals surface area contributed by atoms with E-state index in [-0.39, 0.29) is 0 Å². The smallest absolute Gasteiger partial charge is 0.0584 e. The number of allylic oxidation sites excluding steroid dienone is 1. The predicted molar refractivity (Wildman–Crippen MR) is 35.3 cm³/mol. The van der Waals surface area contributed by atoms with Crippen LogP contribution in [0.4, 0.5) is 0 Å². The molecule has 0 saturated heterocycles. The van der Waals surface area contributed by atoms with Crippen LogP contribution in [0.15, 0.2) is 17.8 Å². The molecule has 0 aliphatic carbocycles. The predicted octanol–water partition coefficient (Wildman–Crippen LogP) is 0.354. The molecule has 8 heavy (non-hydrogen) atoms. The van der Waals surface area contributed by atoms with Gasteiger partial charge in [-0.15, -0.1) is 0 Å². The lowest BCUT2D eigenvalue weighted by Crippen LogP contribution is -2.20. The van der Waals surface area contributed by atoms with Crippen molar-refractivity contribution >= 4 is 5.71 Å². The van der Waals surface area contributed by atoms with Gasteiger partial charge in [0, 0.05) is 7.05 Å². The summed E-state index contributed by atoms with van der Waals surface area (Å²) >= 11 is 0. The minimum Gasteiger partial charge on any atom is -0.235 e. The summed E-state index contributed by atoms with van der Waals surface area (Å²) in [5, 5.41) is 5.05. The van der Waals surface area contributed by atoms with Gasteiger partial charge in [0.2, 0.25) is 0 Å². The van der Waals surface area contributed by atoms with Gasteiger partial charge >= 0.3 is 0 Å². The lowest BCUT2D eigenvalue weighted by Gasteiger charge is -2.02. The first-order valence-corrected chi connectivity index (χ1v) is 2.33. The Labute approximate surface area is 49.4 Å². The van der Waals surface area contributed by atoms with Crippen LogP contribution < -0.4 is 5.84 Å². The fourth-order valence-electron chi connectivity index (χ4n) is 0.290. The Morgan fingerprint density at radius 3 is 2.50 bits per heavy atom. The van der Waals surface area contributed by atoms with E-state index in [9.17, 15) is 0 Å². The molecule has 0 bridgehead atoms. The Hall–Kier alpha value is -0.830. The monoisotopic (exact) mass is 113 g/mol. The van der Waals surface area contributed by atoms with E-state index in [1.807, 2.05) is 6.92 Å². The maximum Gasteiger partial charge on any atom is 0.0584 e. The van der Waals surface area contributed by atoms with Gasteiger partial charge < -0.3 is 0 Å². The molecule has 46 valence electrons. The molecule has 0 fully saturated rings. The van der Waals surface area contributed by atoms with E-state index in [4.69, 9.17) is 5.84 Å². The fourth-order valence-corrected chi connectivity index (χ4v) is 0.290. The number of hydrogen-bond donors (Lipinski definition) is 1. The highest BCUT2D eigenvalue weighted by molar-refractivity contribution is 5.91. The Morgan fingerprint density at radius 2 is 2.38 bits per heavy atom. The third kappa shape index (κ3) is 3.36. The van der Waals surface area contributed by atoms with Crippen molar-refractivity contribution in [3.63, 3.8) is 0 Å². The molecular formula is C5H11N3. The zero-order valence-corrected chi connectivity index (χ0v) is 5.26. The van der Waals surface area contributed by atoms with Crippen LogP contribution in [0.2, 0.25) is 0 Å². The number of hydrazine groups is 1. The first kappa shape index (κ1) is 7.17. The third-order valence-corrected chi connectivity index (χ3v) is 0.611. The zero-order valence-electron chi connectivity index (χ0n) is 5.26. The molecule has 0 unspecified atom stereocenters. The van der Waals surface area contributed by atoms with Crippen molar-refractivity contribution in [3.8, 4) is 0 Å². The molecule has 0 aliphatic heterocycles. The van der Waals surface area contributed by atoms with Gasteiger partial charge in [-0.25, -0.2) is 11.0 Å². The topological polar surface area (TPSA) is 41.6 Å². The first-order valence-electron chi connectivity index (χ1n) is 2.33. The summed E-state index contributed by atoms with van der Waals surface area (Å²) in [6.07, 6.45) is 1.64. The largest absolute Gasteiger partial charge is 0.235 e. The van der Waals surface area contributed by atoms with E-state index in [0.29, 0.717) is 0 Å². The summed E-state index contributed by atoms with van der Waals surface area (Å²) in [7, 11) is 1.66. The summed E-state index contributed by atoms with van der Waals surface area (Å²) in [4.78, 5) is 0. The molecule has 3 heteroatoms. The Morgan fingerprint density at radius 1 is 1.88 bits per heavy atom. The summed E-state index contributed by atoms with van der Waals surface area (Å²) in [6.45, 7) is 5.33. The van der Waals surface area contributed by atoms with Crippen LogP contribution >= 0.6 is 0 Å². The van der Waals surface area contributed by atoms with Crippen LogP contribution in [-0.2, 0) is 0 Å². The maximum atomic E-state index is 5.17. The van der Waals surface area contributed by atoms with Crippen molar-refractivity contribution in [1.29, 1.82) is 0 Å². The second kappa shape index (κ2) is 3.21. The first-order chi connectivity index (χ1) is 3.66. The van der Waals surface area contributed by atoms with Crippen LogP contribution in [0, 0.1) is 0 Å². The molecule has 0 spiro atoms. The molecule has 0 aromatic rings. The number of hydrazone groups is 1. The number of hydrogen-bond acceptors (Lipinski definition) is 3. The van der Waals surface area contributed by atoms with E-state index < -0.39 is 0 Å². The second-order valence-electron chi connectivity index (χ2n) is 1.52. The molecule has 0 heterocycles. The molecule has 3 nitrogen and oxygen atoms in total. The van der Waals surface area contributed by atoms with Crippen molar-refractivity contribution < 1.29 is 0 Å².